The summed E-state index contributed by atoms with van der Waals surface area (Å²) in [6, 6.07) is 9.66. The summed E-state index contributed by atoms with van der Waals surface area (Å²) in [5.41, 5.74) is 2.97. The van der Waals surface area contributed by atoms with Crippen LogP contribution in [0.4, 0.5) is 5.69 Å². The zero-order valence-corrected chi connectivity index (χ0v) is 12.6. The number of nitrogens with zero attached hydrogens (tertiary/aromatic N) is 2. The highest BCUT2D eigenvalue weighted by molar-refractivity contribution is 7.80. The zero-order chi connectivity index (χ0) is 14.5. The average molecular weight is 290 g/mol. The van der Waals surface area contributed by atoms with Crippen molar-refractivity contribution in [3.05, 3.63) is 41.7 Å². The molecule has 0 saturated heterocycles. The van der Waals surface area contributed by atoms with Gasteiger partial charge in [0.2, 0.25) is 0 Å². The van der Waals surface area contributed by atoms with Crippen LogP contribution in [0.3, 0.4) is 0 Å². The lowest BCUT2D eigenvalue weighted by Gasteiger charge is -2.11. The minimum absolute atomic E-state index is 0.567. The van der Waals surface area contributed by atoms with E-state index in [4.69, 9.17) is 17.0 Å². The van der Waals surface area contributed by atoms with E-state index in [-0.39, 0.29) is 0 Å². The Hall–Kier alpha value is -2.08. The van der Waals surface area contributed by atoms with Crippen molar-refractivity contribution in [2.45, 2.75) is 13.5 Å². The SMILES string of the molecule is COc1cccc(NC(=S)NCc2cc(C)nn2C)c1. The largest absolute Gasteiger partial charge is 0.497 e. The third-order valence-corrected chi connectivity index (χ3v) is 3.10. The first-order chi connectivity index (χ1) is 9.58. The second-order valence-electron chi connectivity index (χ2n) is 4.44. The molecule has 2 aromatic rings. The van der Waals surface area contributed by atoms with E-state index in [2.05, 4.69) is 15.7 Å². The second kappa shape index (κ2) is 6.38. The van der Waals surface area contributed by atoms with Crippen LogP contribution in [-0.4, -0.2) is 22.0 Å². The number of nitrogens with one attached hydrogen (secondary N) is 2. The van der Waals surface area contributed by atoms with E-state index < -0.39 is 0 Å². The van der Waals surface area contributed by atoms with Gasteiger partial charge in [-0.2, -0.15) is 5.10 Å². The van der Waals surface area contributed by atoms with Crippen molar-refractivity contribution in [2.24, 2.45) is 7.05 Å². The Morgan fingerprint density at radius 3 is 2.85 bits per heavy atom. The number of rotatable bonds is 4. The van der Waals surface area contributed by atoms with Crippen molar-refractivity contribution < 1.29 is 4.74 Å². The Labute approximate surface area is 123 Å². The fourth-order valence-corrected chi connectivity index (χ4v) is 2.07. The standard InChI is InChI=1S/C14H18N4OS/c1-10-7-12(18(2)17-10)9-15-14(20)16-11-5-4-6-13(8-11)19-3/h4-8H,9H2,1-3H3,(H2,15,16,20). The lowest BCUT2D eigenvalue weighted by molar-refractivity contribution is 0.415. The first kappa shape index (κ1) is 14.3. The van der Waals surface area contributed by atoms with E-state index in [9.17, 15) is 0 Å². The molecule has 0 radical (unpaired) electrons. The molecule has 0 amide bonds. The van der Waals surface area contributed by atoms with Crippen LogP contribution in [0, 0.1) is 6.92 Å². The van der Waals surface area contributed by atoms with Crippen molar-refractivity contribution in [1.29, 1.82) is 0 Å². The van der Waals surface area contributed by atoms with E-state index in [1.54, 1.807) is 7.11 Å². The number of thiocarbonyl (C=S) groups is 1. The number of ether oxygens (including phenoxy) is 1. The predicted molar refractivity (Wildman–Crippen MR) is 84.0 cm³/mol. The van der Waals surface area contributed by atoms with Gasteiger partial charge in [-0.3, -0.25) is 4.68 Å². The molecular weight excluding hydrogens is 272 g/mol. The van der Waals surface area contributed by atoms with Gasteiger partial charge in [-0.1, -0.05) is 6.07 Å². The third kappa shape index (κ3) is 3.71. The molecule has 0 bridgehead atoms. The highest BCUT2D eigenvalue weighted by Crippen LogP contribution is 2.16. The number of benzene rings is 1. The Morgan fingerprint density at radius 1 is 1.40 bits per heavy atom. The molecule has 1 aromatic heterocycles. The van der Waals surface area contributed by atoms with Crippen molar-refractivity contribution in [2.75, 3.05) is 12.4 Å². The number of methoxy groups -OCH3 is 1. The van der Waals surface area contributed by atoms with Crippen LogP contribution in [0.15, 0.2) is 30.3 Å². The number of anilines is 1. The molecule has 0 saturated carbocycles. The van der Waals surface area contributed by atoms with Gasteiger partial charge in [0.05, 0.1) is 25.0 Å². The highest BCUT2D eigenvalue weighted by atomic mass is 32.1. The van der Waals surface area contributed by atoms with Crippen LogP contribution in [0.2, 0.25) is 0 Å². The molecule has 0 unspecified atom stereocenters. The van der Waals surface area contributed by atoms with Crippen molar-refractivity contribution in [3.63, 3.8) is 0 Å². The Bertz CT molecular complexity index is 609. The van der Waals surface area contributed by atoms with Gasteiger partial charge in [0.1, 0.15) is 5.75 Å². The number of aromatic nitrogens is 2. The third-order valence-electron chi connectivity index (χ3n) is 2.86. The second-order valence-corrected chi connectivity index (χ2v) is 4.85. The summed E-state index contributed by atoms with van der Waals surface area (Å²) in [5.74, 6) is 0.792. The maximum absolute atomic E-state index is 5.27. The van der Waals surface area contributed by atoms with Crippen LogP contribution in [0.1, 0.15) is 11.4 Å². The molecule has 0 atom stereocenters. The Morgan fingerprint density at radius 2 is 2.20 bits per heavy atom. The monoisotopic (exact) mass is 290 g/mol. The lowest BCUT2D eigenvalue weighted by Crippen LogP contribution is -2.28. The maximum atomic E-state index is 5.27. The summed E-state index contributed by atoms with van der Waals surface area (Å²) < 4.78 is 7.01. The van der Waals surface area contributed by atoms with Crippen LogP contribution in [0.25, 0.3) is 0 Å². The van der Waals surface area contributed by atoms with Gasteiger partial charge in [-0.25, -0.2) is 0 Å². The summed E-state index contributed by atoms with van der Waals surface area (Å²) in [4.78, 5) is 0. The van der Waals surface area contributed by atoms with Gasteiger partial charge in [-0.05, 0) is 37.3 Å². The van der Waals surface area contributed by atoms with Crippen molar-refractivity contribution >= 4 is 23.0 Å². The molecule has 0 aliphatic rings. The summed E-state index contributed by atoms with van der Waals surface area (Å²) in [6.45, 7) is 2.60. The minimum Gasteiger partial charge on any atom is -0.497 e. The first-order valence-electron chi connectivity index (χ1n) is 6.27. The topological polar surface area (TPSA) is 51.1 Å². The summed E-state index contributed by atoms with van der Waals surface area (Å²) >= 11 is 5.27. The lowest BCUT2D eigenvalue weighted by atomic mass is 10.3. The first-order valence-corrected chi connectivity index (χ1v) is 6.67. The molecule has 0 spiro atoms. The van der Waals surface area contributed by atoms with Crippen molar-refractivity contribution in [3.8, 4) is 5.75 Å². The molecule has 2 N–H and O–H groups in total. The molecule has 5 nitrogen and oxygen atoms in total. The molecule has 0 aliphatic carbocycles. The molecule has 1 heterocycles. The fourth-order valence-electron chi connectivity index (χ4n) is 1.88. The van der Waals surface area contributed by atoms with E-state index in [1.165, 1.54) is 0 Å². The smallest absolute Gasteiger partial charge is 0.171 e. The zero-order valence-electron chi connectivity index (χ0n) is 11.8. The summed E-state index contributed by atoms with van der Waals surface area (Å²) in [5, 5.41) is 11.1. The highest BCUT2D eigenvalue weighted by Gasteiger charge is 2.03. The summed E-state index contributed by atoms with van der Waals surface area (Å²) in [7, 11) is 3.56. The molecule has 6 heteroatoms. The minimum atomic E-state index is 0.567. The van der Waals surface area contributed by atoms with E-state index in [1.807, 2.05) is 49.0 Å². The normalized spacial score (nSPS) is 10.2. The molecule has 106 valence electrons. The quantitative estimate of drug-likeness (QED) is 0.846. The van der Waals surface area contributed by atoms with E-state index >= 15 is 0 Å². The molecule has 20 heavy (non-hydrogen) atoms. The van der Waals surface area contributed by atoms with E-state index in [0.717, 1.165) is 22.8 Å². The van der Waals surface area contributed by atoms with Gasteiger partial charge in [-0.15, -0.1) is 0 Å². The fraction of sp³-hybridized carbons (Fsp3) is 0.286. The van der Waals surface area contributed by atoms with E-state index in [0.29, 0.717) is 11.7 Å². The van der Waals surface area contributed by atoms with Crippen molar-refractivity contribution in [1.82, 2.24) is 15.1 Å². The van der Waals surface area contributed by atoms with Crippen LogP contribution >= 0.6 is 12.2 Å². The molecule has 0 aliphatic heterocycles. The van der Waals surface area contributed by atoms with Crippen LogP contribution in [-0.2, 0) is 13.6 Å². The average Bonchev–Trinajstić information content (AvgIpc) is 2.75. The van der Waals surface area contributed by atoms with Gasteiger partial charge >= 0.3 is 0 Å². The van der Waals surface area contributed by atoms with Crippen LogP contribution < -0.4 is 15.4 Å². The Kier molecular flexibility index (Phi) is 4.57. The molecular formula is C14H18N4OS. The van der Waals surface area contributed by atoms with Gasteiger partial charge < -0.3 is 15.4 Å². The Balaban J connectivity index is 1.90. The maximum Gasteiger partial charge on any atom is 0.171 e. The molecule has 2 rings (SSSR count). The molecule has 0 fully saturated rings. The van der Waals surface area contributed by atoms with Gasteiger partial charge in [0.25, 0.3) is 0 Å². The number of aryl methyl sites for hydroxylation is 2. The number of hydrogen-bond donors (Lipinski definition) is 2. The van der Waals surface area contributed by atoms with Gasteiger partial charge in [0.15, 0.2) is 5.11 Å². The number of hydrogen-bond acceptors (Lipinski definition) is 3. The predicted octanol–water partition coefficient (Wildman–Crippen LogP) is 2.22. The summed E-state index contributed by atoms with van der Waals surface area (Å²) in [6.07, 6.45) is 0. The van der Waals surface area contributed by atoms with Crippen LogP contribution in [0.5, 0.6) is 5.75 Å². The van der Waals surface area contributed by atoms with Gasteiger partial charge in [0, 0.05) is 18.8 Å². The molecule has 1 aromatic carbocycles.